The van der Waals surface area contributed by atoms with E-state index in [2.05, 4.69) is 22.6 Å². The van der Waals surface area contributed by atoms with Gasteiger partial charge < -0.3 is 5.11 Å². The smallest absolute Gasteiger partial charge is 0.123 e. The van der Waals surface area contributed by atoms with Crippen molar-refractivity contribution in [3.63, 3.8) is 0 Å². The Hall–Kier alpha value is -0.650. The van der Waals surface area contributed by atoms with Gasteiger partial charge in [0.2, 0.25) is 0 Å². The summed E-state index contributed by atoms with van der Waals surface area (Å²) in [5, 5.41) is 10.7. The molecule has 1 atom stereocenters. The first-order valence-electron chi connectivity index (χ1n) is 4.96. The maximum absolute atomic E-state index is 13.1. The predicted molar refractivity (Wildman–Crippen MR) is 74.6 cm³/mol. The molecular weight excluding hydrogens is 353 g/mol. The van der Waals surface area contributed by atoms with Crippen LogP contribution in [0.2, 0.25) is 5.02 Å². The largest absolute Gasteiger partial charge is 0.384 e. The highest BCUT2D eigenvalue weighted by molar-refractivity contribution is 14.1. The summed E-state index contributed by atoms with van der Waals surface area (Å²) in [5.74, 6) is -0.362. The third-order valence-corrected chi connectivity index (χ3v) is 3.63. The molecule has 0 saturated carbocycles. The van der Waals surface area contributed by atoms with Gasteiger partial charge in [0, 0.05) is 8.59 Å². The maximum Gasteiger partial charge on any atom is 0.123 e. The Kier molecular flexibility index (Phi) is 4.01. The van der Waals surface area contributed by atoms with Crippen molar-refractivity contribution in [2.24, 2.45) is 0 Å². The summed E-state index contributed by atoms with van der Waals surface area (Å²) in [7, 11) is 0. The Balaban J connectivity index is 2.43. The van der Waals surface area contributed by atoms with Crippen molar-refractivity contribution in [2.75, 3.05) is 0 Å². The van der Waals surface area contributed by atoms with E-state index in [1.165, 1.54) is 12.1 Å². The van der Waals surface area contributed by atoms with E-state index in [4.69, 9.17) is 11.6 Å². The molecule has 0 fully saturated rings. The topological polar surface area (TPSA) is 20.2 Å². The zero-order chi connectivity index (χ0) is 12.4. The van der Waals surface area contributed by atoms with Gasteiger partial charge in [-0.25, -0.2) is 4.39 Å². The molecule has 4 heteroatoms. The molecule has 2 aromatic carbocycles. The van der Waals surface area contributed by atoms with Crippen LogP contribution in [0, 0.1) is 9.39 Å². The monoisotopic (exact) mass is 362 g/mol. The van der Waals surface area contributed by atoms with Crippen molar-refractivity contribution < 1.29 is 9.50 Å². The molecule has 0 radical (unpaired) electrons. The summed E-state index contributed by atoms with van der Waals surface area (Å²) in [6.45, 7) is 0. The Morgan fingerprint density at radius 1 is 1.18 bits per heavy atom. The quantitative estimate of drug-likeness (QED) is 0.795. The Bertz CT molecular complexity index is 545. The van der Waals surface area contributed by atoms with Crippen LogP contribution in [-0.2, 0) is 0 Å². The van der Waals surface area contributed by atoms with Crippen LogP contribution < -0.4 is 0 Å². The van der Waals surface area contributed by atoms with Crippen LogP contribution in [0.15, 0.2) is 42.5 Å². The average molecular weight is 363 g/mol. The molecule has 0 aliphatic rings. The lowest BCUT2D eigenvalue weighted by molar-refractivity contribution is 0.219. The third-order valence-electron chi connectivity index (χ3n) is 2.42. The van der Waals surface area contributed by atoms with E-state index >= 15 is 0 Å². The van der Waals surface area contributed by atoms with E-state index in [0.717, 1.165) is 3.57 Å². The highest BCUT2D eigenvalue weighted by Crippen LogP contribution is 2.28. The summed E-state index contributed by atoms with van der Waals surface area (Å²) in [6, 6.07) is 11.2. The Morgan fingerprint density at radius 3 is 2.65 bits per heavy atom. The van der Waals surface area contributed by atoms with Gasteiger partial charge in [-0.2, -0.15) is 0 Å². The lowest BCUT2D eigenvalue weighted by atomic mass is 10.0. The SMILES string of the molecule is OC(c1cccc(F)c1)c1cc(Cl)ccc1I. The van der Waals surface area contributed by atoms with Gasteiger partial charge in [0.25, 0.3) is 0 Å². The molecule has 0 aliphatic heterocycles. The fourth-order valence-electron chi connectivity index (χ4n) is 1.58. The molecule has 0 saturated heterocycles. The molecule has 1 unspecified atom stereocenters. The minimum Gasteiger partial charge on any atom is -0.384 e. The van der Waals surface area contributed by atoms with Gasteiger partial charge in [-0.3, -0.25) is 0 Å². The van der Waals surface area contributed by atoms with Crippen molar-refractivity contribution >= 4 is 34.2 Å². The molecule has 88 valence electrons. The molecule has 0 aliphatic carbocycles. The number of rotatable bonds is 2. The molecule has 1 N–H and O–H groups in total. The summed E-state index contributed by atoms with van der Waals surface area (Å²) in [6.07, 6.45) is -0.865. The zero-order valence-corrected chi connectivity index (χ0v) is 11.6. The molecule has 0 bridgehead atoms. The number of aliphatic hydroxyl groups is 1. The Labute approximate surface area is 117 Å². The molecular formula is C13H9ClFIO. The summed E-state index contributed by atoms with van der Waals surface area (Å²) in [5.41, 5.74) is 1.20. The molecule has 2 rings (SSSR count). The normalized spacial score (nSPS) is 12.5. The third kappa shape index (κ3) is 2.97. The molecule has 2 aromatic rings. The van der Waals surface area contributed by atoms with E-state index in [-0.39, 0.29) is 5.82 Å². The number of benzene rings is 2. The zero-order valence-electron chi connectivity index (χ0n) is 8.70. The Morgan fingerprint density at radius 2 is 1.94 bits per heavy atom. The van der Waals surface area contributed by atoms with E-state index < -0.39 is 6.10 Å². The lowest BCUT2D eigenvalue weighted by Gasteiger charge is -2.13. The van der Waals surface area contributed by atoms with Gasteiger partial charge in [0.05, 0.1) is 0 Å². The fourth-order valence-corrected chi connectivity index (χ4v) is 2.39. The van der Waals surface area contributed by atoms with Crippen LogP contribution in [0.4, 0.5) is 4.39 Å². The van der Waals surface area contributed by atoms with Gasteiger partial charge in [0.1, 0.15) is 11.9 Å². The van der Waals surface area contributed by atoms with Crippen LogP contribution in [0.25, 0.3) is 0 Å². The van der Waals surface area contributed by atoms with Crippen LogP contribution in [0.5, 0.6) is 0 Å². The summed E-state index contributed by atoms with van der Waals surface area (Å²) in [4.78, 5) is 0. The highest BCUT2D eigenvalue weighted by Gasteiger charge is 2.14. The molecule has 0 amide bonds. The lowest BCUT2D eigenvalue weighted by Crippen LogP contribution is -2.02. The second kappa shape index (κ2) is 5.33. The fraction of sp³-hybridized carbons (Fsp3) is 0.0769. The van der Waals surface area contributed by atoms with Crippen LogP contribution in [-0.4, -0.2) is 5.11 Å². The van der Waals surface area contributed by atoms with Crippen LogP contribution in [0.1, 0.15) is 17.2 Å². The second-order valence-corrected chi connectivity index (χ2v) is 5.22. The minimum absolute atomic E-state index is 0.362. The minimum atomic E-state index is -0.865. The van der Waals surface area contributed by atoms with Crippen LogP contribution in [0.3, 0.4) is 0 Å². The molecule has 17 heavy (non-hydrogen) atoms. The van der Waals surface area contributed by atoms with Gasteiger partial charge in [0.15, 0.2) is 0 Å². The van der Waals surface area contributed by atoms with Gasteiger partial charge in [-0.05, 0) is 64.0 Å². The standard InChI is InChI=1S/C13H9ClFIO/c14-9-4-5-12(16)11(7-9)13(17)8-2-1-3-10(15)6-8/h1-7,13,17H. The highest BCUT2D eigenvalue weighted by atomic mass is 127. The van der Waals surface area contributed by atoms with Gasteiger partial charge in [-0.1, -0.05) is 23.7 Å². The van der Waals surface area contributed by atoms with E-state index in [1.807, 2.05) is 6.07 Å². The molecule has 0 aromatic heterocycles. The predicted octanol–water partition coefficient (Wildman–Crippen LogP) is 4.17. The van der Waals surface area contributed by atoms with Gasteiger partial charge >= 0.3 is 0 Å². The van der Waals surface area contributed by atoms with Crippen LogP contribution >= 0.6 is 34.2 Å². The molecule has 0 spiro atoms. The van der Waals surface area contributed by atoms with Gasteiger partial charge in [-0.15, -0.1) is 0 Å². The van der Waals surface area contributed by atoms with Crippen molar-refractivity contribution in [1.82, 2.24) is 0 Å². The number of halogens is 3. The maximum atomic E-state index is 13.1. The van der Waals surface area contributed by atoms with E-state index in [0.29, 0.717) is 16.1 Å². The summed E-state index contributed by atoms with van der Waals surface area (Å²) < 4.78 is 14.0. The number of hydrogen-bond donors (Lipinski definition) is 1. The van der Waals surface area contributed by atoms with Crippen molar-refractivity contribution in [1.29, 1.82) is 0 Å². The first-order valence-corrected chi connectivity index (χ1v) is 6.42. The van der Waals surface area contributed by atoms with E-state index in [9.17, 15) is 9.50 Å². The number of aliphatic hydroxyl groups excluding tert-OH is 1. The molecule has 0 heterocycles. The molecule has 1 nitrogen and oxygen atoms in total. The van der Waals surface area contributed by atoms with Crippen molar-refractivity contribution in [3.05, 3.63) is 68.0 Å². The summed E-state index contributed by atoms with van der Waals surface area (Å²) >= 11 is 8.01. The number of hydrogen-bond acceptors (Lipinski definition) is 1. The van der Waals surface area contributed by atoms with Crippen molar-refractivity contribution in [3.8, 4) is 0 Å². The first kappa shape index (κ1) is 12.8. The first-order chi connectivity index (χ1) is 8.08. The van der Waals surface area contributed by atoms with Crippen molar-refractivity contribution in [2.45, 2.75) is 6.10 Å². The van der Waals surface area contributed by atoms with E-state index in [1.54, 1.807) is 24.3 Å². The average Bonchev–Trinajstić information content (AvgIpc) is 2.31. The second-order valence-electron chi connectivity index (χ2n) is 3.62.